The lowest BCUT2D eigenvalue weighted by Gasteiger charge is -2.34. The fourth-order valence-electron chi connectivity index (χ4n) is 3.00. The van der Waals surface area contributed by atoms with E-state index in [2.05, 4.69) is 59.9 Å². The number of benzene rings is 2. The molecule has 1 heterocycles. The van der Waals surface area contributed by atoms with E-state index in [0.717, 1.165) is 32.4 Å². The number of nitrogens with one attached hydrogen (secondary N) is 1. The highest BCUT2D eigenvalue weighted by Crippen LogP contribution is 2.24. The molecule has 0 unspecified atom stereocenters. The van der Waals surface area contributed by atoms with E-state index in [1.807, 2.05) is 0 Å². The van der Waals surface area contributed by atoms with Crippen LogP contribution in [-0.2, 0) is 6.42 Å². The van der Waals surface area contributed by atoms with Crippen LogP contribution in [0.1, 0.15) is 18.4 Å². The Morgan fingerprint density at radius 1 is 0.900 bits per heavy atom. The molecule has 2 heteroatoms. The molecular formula is C18H22N2. The lowest BCUT2D eigenvalue weighted by Crippen LogP contribution is -2.50. The summed E-state index contributed by atoms with van der Waals surface area (Å²) in [6, 6.07) is 19.3. The van der Waals surface area contributed by atoms with Crippen molar-refractivity contribution in [3.8, 4) is 11.1 Å². The van der Waals surface area contributed by atoms with Gasteiger partial charge in [-0.1, -0.05) is 54.6 Å². The van der Waals surface area contributed by atoms with E-state index in [4.69, 9.17) is 5.73 Å². The van der Waals surface area contributed by atoms with Crippen LogP contribution in [0.3, 0.4) is 0 Å². The minimum absolute atomic E-state index is 0.0411. The van der Waals surface area contributed by atoms with E-state index < -0.39 is 0 Å². The van der Waals surface area contributed by atoms with Crippen LogP contribution in [0.5, 0.6) is 0 Å². The number of hydrogen-bond donors (Lipinski definition) is 2. The molecule has 0 radical (unpaired) electrons. The van der Waals surface area contributed by atoms with Gasteiger partial charge in [-0.25, -0.2) is 0 Å². The Kier molecular flexibility index (Phi) is 3.86. The molecule has 20 heavy (non-hydrogen) atoms. The van der Waals surface area contributed by atoms with E-state index >= 15 is 0 Å². The second kappa shape index (κ2) is 5.78. The van der Waals surface area contributed by atoms with Crippen LogP contribution in [0.2, 0.25) is 0 Å². The van der Waals surface area contributed by atoms with Gasteiger partial charge in [-0.2, -0.15) is 0 Å². The Morgan fingerprint density at radius 2 is 1.60 bits per heavy atom. The topological polar surface area (TPSA) is 38.0 Å². The van der Waals surface area contributed by atoms with Crippen molar-refractivity contribution in [2.45, 2.75) is 24.8 Å². The molecule has 1 aliphatic rings. The molecule has 104 valence electrons. The van der Waals surface area contributed by atoms with Gasteiger partial charge in [-0.3, -0.25) is 0 Å². The lowest BCUT2D eigenvalue weighted by atomic mass is 9.83. The molecule has 3 rings (SSSR count). The fraction of sp³-hybridized carbons (Fsp3) is 0.333. The van der Waals surface area contributed by atoms with Crippen LogP contribution in [0.4, 0.5) is 0 Å². The Balaban J connectivity index is 1.81. The van der Waals surface area contributed by atoms with Gasteiger partial charge >= 0.3 is 0 Å². The van der Waals surface area contributed by atoms with E-state index in [1.165, 1.54) is 16.7 Å². The highest BCUT2D eigenvalue weighted by molar-refractivity contribution is 5.64. The summed E-state index contributed by atoms with van der Waals surface area (Å²) in [5.74, 6) is 0. The molecule has 0 aromatic heterocycles. The summed E-state index contributed by atoms with van der Waals surface area (Å²) in [5.41, 5.74) is 10.4. The minimum atomic E-state index is -0.0411. The first-order valence-electron chi connectivity index (χ1n) is 7.39. The first-order chi connectivity index (χ1) is 9.75. The third kappa shape index (κ3) is 3.09. The third-order valence-corrected chi connectivity index (χ3v) is 4.19. The monoisotopic (exact) mass is 266 g/mol. The van der Waals surface area contributed by atoms with Crippen LogP contribution < -0.4 is 11.1 Å². The van der Waals surface area contributed by atoms with Gasteiger partial charge in [0.05, 0.1) is 0 Å². The quantitative estimate of drug-likeness (QED) is 0.896. The van der Waals surface area contributed by atoms with Gasteiger partial charge in [0, 0.05) is 5.54 Å². The first-order valence-corrected chi connectivity index (χ1v) is 7.39. The van der Waals surface area contributed by atoms with Gasteiger partial charge in [0.25, 0.3) is 0 Å². The second-order valence-corrected chi connectivity index (χ2v) is 5.86. The van der Waals surface area contributed by atoms with Gasteiger partial charge < -0.3 is 11.1 Å². The van der Waals surface area contributed by atoms with Crippen molar-refractivity contribution >= 4 is 0 Å². The Bertz CT molecular complexity index is 557. The lowest BCUT2D eigenvalue weighted by molar-refractivity contribution is 0.308. The molecule has 3 N–H and O–H groups in total. The number of piperidine rings is 1. The molecule has 1 saturated heterocycles. The van der Waals surface area contributed by atoms with E-state index in [1.54, 1.807) is 0 Å². The van der Waals surface area contributed by atoms with Crippen LogP contribution in [-0.4, -0.2) is 18.6 Å². The van der Waals surface area contributed by atoms with Crippen molar-refractivity contribution in [3.05, 3.63) is 60.2 Å². The zero-order valence-electron chi connectivity index (χ0n) is 11.8. The van der Waals surface area contributed by atoms with Crippen molar-refractivity contribution < 1.29 is 0 Å². The summed E-state index contributed by atoms with van der Waals surface area (Å²) < 4.78 is 0. The van der Waals surface area contributed by atoms with Crippen molar-refractivity contribution in [1.29, 1.82) is 0 Å². The van der Waals surface area contributed by atoms with E-state index in [9.17, 15) is 0 Å². The largest absolute Gasteiger partial charge is 0.325 e. The molecule has 2 aromatic rings. The highest BCUT2D eigenvalue weighted by atomic mass is 14.9. The summed E-state index contributed by atoms with van der Waals surface area (Å²) in [6.07, 6.45) is 3.08. The predicted octanol–water partition coefficient (Wildman–Crippen LogP) is 2.98. The van der Waals surface area contributed by atoms with Crippen molar-refractivity contribution in [1.82, 2.24) is 5.32 Å². The first kappa shape index (κ1) is 13.3. The Morgan fingerprint density at radius 3 is 2.35 bits per heavy atom. The molecule has 0 spiro atoms. The molecule has 0 atom stereocenters. The Hall–Kier alpha value is -1.64. The van der Waals surface area contributed by atoms with Gasteiger partial charge in [-0.05, 0) is 49.0 Å². The predicted molar refractivity (Wildman–Crippen MR) is 84.6 cm³/mol. The smallest absolute Gasteiger partial charge is 0.0219 e. The number of nitrogens with two attached hydrogens (primary N) is 1. The SMILES string of the molecule is NC1(Cc2cccc(-c3ccccc3)c2)CCNCC1. The maximum atomic E-state index is 6.54. The maximum absolute atomic E-state index is 6.54. The second-order valence-electron chi connectivity index (χ2n) is 5.86. The number of hydrogen-bond acceptors (Lipinski definition) is 2. The van der Waals surface area contributed by atoms with Crippen LogP contribution in [0.15, 0.2) is 54.6 Å². The Labute approximate surface area is 121 Å². The van der Waals surface area contributed by atoms with Gasteiger partial charge in [0.2, 0.25) is 0 Å². The maximum Gasteiger partial charge on any atom is 0.0219 e. The van der Waals surface area contributed by atoms with Crippen LogP contribution in [0.25, 0.3) is 11.1 Å². The molecule has 2 nitrogen and oxygen atoms in total. The third-order valence-electron chi connectivity index (χ3n) is 4.19. The van der Waals surface area contributed by atoms with E-state index in [-0.39, 0.29) is 5.54 Å². The average molecular weight is 266 g/mol. The fourth-order valence-corrected chi connectivity index (χ4v) is 3.00. The molecule has 0 amide bonds. The van der Waals surface area contributed by atoms with Gasteiger partial charge in [0.15, 0.2) is 0 Å². The summed E-state index contributed by atoms with van der Waals surface area (Å²) in [4.78, 5) is 0. The summed E-state index contributed by atoms with van der Waals surface area (Å²) in [6.45, 7) is 2.07. The summed E-state index contributed by atoms with van der Waals surface area (Å²) >= 11 is 0. The zero-order chi connectivity index (χ0) is 13.8. The molecule has 1 aliphatic heterocycles. The molecule has 0 saturated carbocycles. The van der Waals surface area contributed by atoms with Crippen molar-refractivity contribution in [2.75, 3.05) is 13.1 Å². The van der Waals surface area contributed by atoms with Gasteiger partial charge in [0.1, 0.15) is 0 Å². The normalized spacial score (nSPS) is 17.9. The molecule has 1 fully saturated rings. The van der Waals surface area contributed by atoms with Crippen molar-refractivity contribution in [2.24, 2.45) is 5.73 Å². The van der Waals surface area contributed by atoms with Crippen LogP contribution in [0, 0.1) is 0 Å². The summed E-state index contributed by atoms with van der Waals surface area (Å²) in [7, 11) is 0. The highest BCUT2D eigenvalue weighted by Gasteiger charge is 2.27. The zero-order valence-corrected chi connectivity index (χ0v) is 11.8. The standard InChI is InChI=1S/C18H22N2/c19-18(9-11-20-12-10-18)14-15-5-4-8-17(13-15)16-6-2-1-3-7-16/h1-8,13,20H,9-12,14,19H2. The molecular weight excluding hydrogens is 244 g/mol. The minimum Gasteiger partial charge on any atom is -0.325 e. The average Bonchev–Trinajstić information content (AvgIpc) is 2.49. The van der Waals surface area contributed by atoms with Crippen molar-refractivity contribution in [3.63, 3.8) is 0 Å². The molecule has 0 aliphatic carbocycles. The summed E-state index contributed by atoms with van der Waals surface area (Å²) in [5, 5.41) is 3.38. The van der Waals surface area contributed by atoms with E-state index in [0.29, 0.717) is 0 Å². The molecule has 0 bridgehead atoms. The van der Waals surface area contributed by atoms with Gasteiger partial charge in [-0.15, -0.1) is 0 Å². The van der Waals surface area contributed by atoms with Crippen LogP contribution >= 0.6 is 0 Å². The molecule has 2 aromatic carbocycles. The number of rotatable bonds is 3.